The monoisotopic (exact) mass is 244 g/mol. The van der Waals surface area contributed by atoms with E-state index in [1.165, 1.54) is 36.9 Å². The highest BCUT2D eigenvalue weighted by Crippen LogP contribution is 2.44. The zero-order valence-corrected chi connectivity index (χ0v) is 11.5. The molecule has 0 spiro atoms. The van der Waals surface area contributed by atoms with Crippen molar-refractivity contribution in [1.29, 1.82) is 0 Å². The molecule has 0 aliphatic heterocycles. The summed E-state index contributed by atoms with van der Waals surface area (Å²) in [7, 11) is 4.17. The first kappa shape index (κ1) is 12.0. The average molecular weight is 244 g/mol. The quantitative estimate of drug-likeness (QED) is 0.876. The second kappa shape index (κ2) is 4.93. The highest BCUT2D eigenvalue weighted by molar-refractivity contribution is 5.45. The van der Waals surface area contributed by atoms with Crippen LogP contribution in [0.15, 0.2) is 24.3 Å². The van der Waals surface area contributed by atoms with Crippen LogP contribution in [0.3, 0.4) is 0 Å². The number of nitrogens with zero attached hydrogens (tertiary/aromatic N) is 1. The van der Waals surface area contributed by atoms with Crippen molar-refractivity contribution in [3.63, 3.8) is 0 Å². The average Bonchev–Trinajstić information content (AvgIpc) is 2.99. The summed E-state index contributed by atoms with van der Waals surface area (Å²) in [6.07, 6.45) is 5.85. The third-order valence-corrected chi connectivity index (χ3v) is 4.76. The Bertz CT molecular complexity index is 396. The predicted octanol–water partition coefficient (Wildman–Crippen LogP) is 3.03. The zero-order valence-electron chi connectivity index (χ0n) is 11.5. The molecule has 1 aromatic carbocycles. The van der Waals surface area contributed by atoms with Gasteiger partial charge in [0.2, 0.25) is 0 Å². The normalized spacial score (nSPS) is 29.8. The Balaban J connectivity index is 1.54. The van der Waals surface area contributed by atoms with Crippen molar-refractivity contribution in [3.05, 3.63) is 29.8 Å². The molecule has 1 N–H and O–H groups in total. The first-order valence-electron chi connectivity index (χ1n) is 7.22. The topological polar surface area (TPSA) is 15.3 Å². The molecule has 2 nitrogen and oxygen atoms in total. The number of rotatable bonds is 4. The highest BCUT2D eigenvalue weighted by atomic mass is 15.1. The lowest BCUT2D eigenvalue weighted by molar-refractivity contribution is 0.351. The number of nitrogens with one attached hydrogen (secondary N) is 1. The lowest BCUT2D eigenvalue weighted by Crippen LogP contribution is -2.33. The second-order valence-electron chi connectivity index (χ2n) is 6.22. The van der Waals surface area contributed by atoms with Crippen molar-refractivity contribution in [2.24, 2.45) is 11.8 Å². The maximum atomic E-state index is 3.76. The summed E-state index contributed by atoms with van der Waals surface area (Å²) >= 11 is 0. The first-order valence-corrected chi connectivity index (χ1v) is 7.22. The molecule has 2 fully saturated rings. The van der Waals surface area contributed by atoms with Gasteiger partial charge < -0.3 is 10.2 Å². The van der Waals surface area contributed by atoms with E-state index in [1.54, 1.807) is 0 Å². The van der Waals surface area contributed by atoms with E-state index >= 15 is 0 Å². The molecule has 0 aromatic heterocycles. The maximum absolute atomic E-state index is 3.76. The Kier molecular flexibility index (Phi) is 3.29. The number of anilines is 1. The van der Waals surface area contributed by atoms with Crippen LogP contribution in [0.1, 0.15) is 31.2 Å². The molecular formula is C16H24N2. The largest absolute Gasteiger partial charge is 0.378 e. The number of hydrogen-bond donors (Lipinski definition) is 1. The maximum Gasteiger partial charge on any atom is 0.0361 e. The predicted molar refractivity (Wildman–Crippen MR) is 76.8 cm³/mol. The van der Waals surface area contributed by atoms with E-state index in [-0.39, 0.29) is 0 Å². The Morgan fingerprint density at radius 1 is 1.11 bits per heavy atom. The van der Waals surface area contributed by atoms with E-state index in [4.69, 9.17) is 0 Å². The summed E-state index contributed by atoms with van der Waals surface area (Å²) in [6.45, 7) is 1.03. The van der Waals surface area contributed by atoms with Crippen molar-refractivity contribution in [3.8, 4) is 0 Å². The van der Waals surface area contributed by atoms with Crippen LogP contribution in [-0.4, -0.2) is 20.1 Å². The Morgan fingerprint density at radius 3 is 2.44 bits per heavy atom. The second-order valence-corrected chi connectivity index (χ2v) is 6.22. The van der Waals surface area contributed by atoms with Crippen molar-refractivity contribution < 1.29 is 0 Å². The Hall–Kier alpha value is -1.02. The van der Waals surface area contributed by atoms with Gasteiger partial charge in [-0.25, -0.2) is 0 Å². The van der Waals surface area contributed by atoms with E-state index in [9.17, 15) is 0 Å². The molecule has 3 unspecified atom stereocenters. The zero-order chi connectivity index (χ0) is 12.5. The molecule has 3 atom stereocenters. The van der Waals surface area contributed by atoms with Crippen LogP contribution >= 0.6 is 0 Å². The summed E-state index contributed by atoms with van der Waals surface area (Å²) in [6, 6.07) is 9.69. The van der Waals surface area contributed by atoms with Crippen LogP contribution in [0, 0.1) is 11.8 Å². The third-order valence-electron chi connectivity index (χ3n) is 4.76. The van der Waals surface area contributed by atoms with Gasteiger partial charge in [-0.05, 0) is 48.8 Å². The van der Waals surface area contributed by atoms with Gasteiger partial charge in [0, 0.05) is 32.4 Å². The van der Waals surface area contributed by atoms with Crippen LogP contribution in [0.4, 0.5) is 5.69 Å². The molecule has 2 aliphatic rings. The lowest BCUT2D eigenvalue weighted by Gasteiger charge is -2.23. The van der Waals surface area contributed by atoms with Gasteiger partial charge >= 0.3 is 0 Å². The highest BCUT2D eigenvalue weighted by Gasteiger charge is 2.38. The lowest BCUT2D eigenvalue weighted by atomic mass is 9.95. The van der Waals surface area contributed by atoms with E-state index in [0.717, 1.165) is 24.4 Å². The fraction of sp³-hybridized carbons (Fsp3) is 0.625. The van der Waals surface area contributed by atoms with E-state index in [1.807, 2.05) is 0 Å². The molecule has 1 aromatic rings. The smallest absolute Gasteiger partial charge is 0.0361 e. The summed E-state index contributed by atoms with van der Waals surface area (Å²) in [5.41, 5.74) is 2.68. The standard InChI is InChI=1S/C16H24N2/c1-18(2)15-7-4-12(5-8-15)11-17-16-10-13-3-6-14(16)9-13/h4-5,7-8,13-14,16-17H,3,6,9-11H2,1-2H3. The van der Waals surface area contributed by atoms with Crippen LogP contribution in [0.5, 0.6) is 0 Å². The molecule has 2 saturated carbocycles. The first-order chi connectivity index (χ1) is 8.72. The fourth-order valence-electron chi connectivity index (χ4n) is 3.66. The van der Waals surface area contributed by atoms with Crippen molar-refractivity contribution >= 4 is 5.69 Å². The van der Waals surface area contributed by atoms with Gasteiger partial charge in [0.25, 0.3) is 0 Å². The summed E-state index contributed by atoms with van der Waals surface area (Å²) in [4.78, 5) is 2.15. The number of hydrogen-bond acceptors (Lipinski definition) is 2. The van der Waals surface area contributed by atoms with E-state index in [2.05, 4.69) is 48.6 Å². The molecule has 2 bridgehead atoms. The molecule has 2 aliphatic carbocycles. The van der Waals surface area contributed by atoms with Crippen LogP contribution < -0.4 is 10.2 Å². The van der Waals surface area contributed by atoms with E-state index < -0.39 is 0 Å². The fourth-order valence-corrected chi connectivity index (χ4v) is 3.66. The molecule has 0 amide bonds. The van der Waals surface area contributed by atoms with Crippen molar-refractivity contribution in [1.82, 2.24) is 5.32 Å². The molecule has 0 radical (unpaired) electrons. The van der Waals surface area contributed by atoms with Crippen molar-refractivity contribution in [2.45, 2.75) is 38.3 Å². The summed E-state index contributed by atoms with van der Waals surface area (Å²) in [5.74, 6) is 2.00. The Morgan fingerprint density at radius 2 is 1.89 bits per heavy atom. The van der Waals surface area contributed by atoms with Crippen LogP contribution in [0.2, 0.25) is 0 Å². The molecule has 2 heteroatoms. The van der Waals surface area contributed by atoms with Gasteiger partial charge in [0.15, 0.2) is 0 Å². The van der Waals surface area contributed by atoms with Gasteiger partial charge in [-0.1, -0.05) is 18.6 Å². The van der Waals surface area contributed by atoms with Gasteiger partial charge in [0.1, 0.15) is 0 Å². The number of benzene rings is 1. The minimum atomic E-state index is 0.789. The summed E-state index contributed by atoms with van der Waals surface area (Å²) in [5, 5.41) is 3.76. The molecule has 18 heavy (non-hydrogen) atoms. The molecule has 98 valence electrons. The molecule has 0 saturated heterocycles. The van der Waals surface area contributed by atoms with Gasteiger partial charge in [-0.2, -0.15) is 0 Å². The van der Waals surface area contributed by atoms with Gasteiger partial charge in [0.05, 0.1) is 0 Å². The molecular weight excluding hydrogens is 220 g/mol. The van der Waals surface area contributed by atoms with Gasteiger partial charge in [-0.3, -0.25) is 0 Å². The van der Waals surface area contributed by atoms with Gasteiger partial charge in [-0.15, -0.1) is 0 Å². The third kappa shape index (κ3) is 2.39. The molecule has 0 heterocycles. The Labute approximate surface area is 110 Å². The minimum Gasteiger partial charge on any atom is -0.378 e. The van der Waals surface area contributed by atoms with Crippen molar-refractivity contribution in [2.75, 3.05) is 19.0 Å². The van der Waals surface area contributed by atoms with Crippen LogP contribution in [0.25, 0.3) is 0 Å². The van der Waals surface area contributed by atoms with E-state index in [0.29, 0.717) is 0 Å². The minimum absolute atomic E-state index is 0.789. The SMILES string of the molecule is CN(C)c1ccc(CNC2CC3CCC2C3)cc1. The number of fused-ring (bicyclic) bond motifs is 2. The molecule has 3 rings (SSSR count). The van der Waals surface area contributed by atoms with Crippen LogP contribution in [-0.2, 0) is 6.54 Å². The summed E-state index contributed by atoms with van der Waals surface area (Å²) < 4.78 is 0.